The first-order valence-corrected chi connectivity index (χ1v) is 11.4. The van der Waals surface area contributed by atoms with Crippen LogP contribution in [0.15, 0.2) is 41.9 Å². The van der Waals surface area contributed by atoms with E-state index in [4.69, 9.17) is 0 Å². The molecule has 2 aliphatic rings. The topological polar surface area (TPSA) is 102 Å². The van der Waals surface area contributed by atoms with Crippen LogP contribution in [-0.4, -0.2) is 34.5 Å². The molecule has 4 rings (SSSR count). The number of carbonyl (C=O) groups excluding carboxylic acids is 1. The van der Waals surface area contributed by atoms with E-state index in [9.17, 15) is 13.2 Å². The summed E-state index contributed by atoms with van der Waals surface area (Å²) in [4.78, 5) is 25.1. The number of carbonyl (C=O) groups is 1. The minimum atomic E-state index is -3.33. The number of anilines is 1. The molecule has 1 unspecified atom stereocenters. The van der Waals surface area contributed by atoms with Crippen molar-refractivity contribution in [2.45, 2.75) is 61.1 Å². The molecule has 148 valence electrons. The number of amides is 1. The third-order valence-corrected chi connectivity index (χ3v) is 7.78. The Morgan fingerprint density at radius 1 is 1.11 bits per heavy atom. The summed E-state index contributed by atoms with van der Waals surface area (Å²) in [5, 5.41) is 2.67. The summed E-state index contributed by atoms with van der Waals surface area (Å²) in [5.41, 5.74) is 0.744. The molecule has 2 aromatic heterocycles. The first kappa shape index (κ1) is 19.0. The van der Waals surface area contributed by atoms with Crippen molar-refractivity contribution in [1.29, 1.82) is 0 Å². The van der Waals surface area contributed by atoms with E-state index in [0.717, 1.165) is 24.8 Å². The highest BCUT2D eigenvalue weighted by molar-refractivity contribution is 7.92. The molecule has 28 heavy (non-hydrogen) atoms. The highest BCUT2D eigenvalue weighted by Crippen LogP contribution is 2.36. The number of pyridine rings is 1. The Bertz CT molecular complexity index is 922. The molecule has 0 saturated heterocycles. The minimum Gasteiger partial charge on any atom is -0.310 e. The Morgan fingerprint density at radius 2 is 1.89 bits per heavy atom. The number of nitrogens with zero attached hydrogens (tertiary/aromatic N) is 3. The average Bonchev–Trinajstić information content (AvgIpc) is 3.45. The molecule has 0 spiro atoms. The van der Waals surface area contributed by atoms with E-state index in [1.165, 1.54) is 19.2 Å². The van der Waals surface area contributed by atoms with Gasteiger partial charge in [0, 0.05) is 12.4 Å². The van der Waals surface area contributed by atoms with Crippen LogP contribution in [0.25, 0.3) is 0 Å². The minimum absolute atomic E-state index is 0.106. The van der Waals surface area contributed by atoms with Crippen LogP contribution in [0.3, 0.4) is 0 Å². The first-order valence-electron chi connectivity index (χ1n) is 9.81. The lowest BCUT2D eigenvalue weighted by molar-refractivity contribution is -0.118. The number of nitrogens with one attached hydrogen (secondary N) is 1. The molecule has 2 heterocycles. The van der Waals surface area contributed by atoms with E-state index in [1.54, 1.807) is 30.6 Å². The van der Waals surface area contributed by atoms with Gasteiger partial charge >= 0.3 is 0 Å². The van der Waals surface area contributed by atoms with Gasteiger partial charge in [0.25, 0.3) is 0 Å². The summed E-state index contributed by atoms with van der Waals surface area (Å²) >= 11 is 0. The molecule has 0 radical (unpaired) electrons. The van der Waals surface area contributed by atoms with Crippen molar-refractivity contribution in [3.05, 3.63) is 42.5 Å². The van der Waals surface area contributed by atoms with Gasteiger partial charge in [-0.15, -0.1) is 0 Å². The van der Waals surface area contributed by atoms with Gasteiger partial charge in [0.2, 0.25) is 5.91 Å². The van der Waals surface area contributed by atoms with Crippen LogP contribution in [0.5, 0.6) is 0 Å². The summed E-state index contributed by atoms with van der Waals surface area (Å²) in [6.07, 6.45) is 11.3. The maximum Gasteiger partial charge on any atom is 0.233 e. The molecule has 2 saturated carbocycles. The van der Waals surface area contributed by atoms with Gasteiger partial charge in [-0.05, 0) is 42.9 Å². The molecule has 1 atom stereocenters. The smallest absolute Gasteiger partial charge is 0.233 e. The lowest BCUT2D eigenvalue weighted by Crippen LogP contribution is -2.24. The summed E-state index contributed by atoms with van der Waals surface area (Å²) < 4.78 is 24.7. The predicted octanol–water partition coefficient (Wildman–Crippen LogP) is 3.11. The maximum atomic E-state index is 13.0. The monoisotopic (exact) mass is 400 g/mol. The Labute approximate surface area is 164 Å². The number of hydrogen-bond acceptors (Lipinski definition) is 6. The standard InChI is InChI=1S/C20H24N4O3S/c25-20(24-18-9-10-21-13-23-18)17(11-14-3-1-2-4-14)15-5-8-19(22-12-15)28(26,27)16-6-7-16/h5,8-10,12-14,16-17H,1-4,6-7,11H2,(H,21,23,24,25). The summed E-state index contributed by atoms with van der Waals surface area (Å²) in [5.74, 6) is 0.418. The van der Waals surface area contributed by atoms with Crippen molar-refractivity contribution >= 4 is 21.6 Å². The fourth-order valence-electron chi connectivity index (χ4n) is 3.87. The van der Waals surface area contributed by atoms with Gasteiger partial charge < -0.3 is 5.32 Å². The first-order chi connectivity index (χ1) is 13.5. The molecular weight excluding hydrogens is 376 g/mol. The van der Waals surface area contributed by atoms with Crippen molar-refractivity contribution in [2.24, 2.45) is 5.92 Å². The van der Waals surface area contributed by atoms with E-state index < -0.39 is 9.84 Å². The SMILES string of the molecule is O=C(Nc1ccncn1)C(CC1CCCC1)c1ccc(S(=O)(=O)C2CC2)nc1. The molecule has 2 aliphatic carbocycles. The molecule has 8 heteroatoms. The van der Waals surface area contributed by atoms with Crippen molar-refractivity contribution in [1.82, 2.24) is 15.0 Å². The zero-order chi connectivity index (χ0) is 19.6. The fraction of sp³-hybridized carbons (Fsp3) is 0.500. The third kappa shape index (κ3) is 4.22. The van der Waals surface area contributed by atoms with Gasteiger partial charge in [0.15, 0.2) is 14.9 Å². The van der Waals surface area contributed by atoms with Crippen LogP contribution in [0.1, 0.15) is 56.4 Å². The van der Waals surface area contributed by atoms with Gasteiger partial charge in [-0.3, -0.25) is 4.79 Å². The van der Waals surface area contributed by atoms with E-state index in [-0.39, 0.29) is 22.1 Å². The highest BCUT2D eigenvalue weighted by atomic mass is 32.2. The van der Waals surface area contributed by atoms with Crippen molar-refractivity contribution in [3.8, 4) is 0 Å². The number of hydrogen-bond donors (Lipinski definition) is 1. The summed E-state index contributed by atoms with van der Waals surface area (Å²) in [6, 6.07) is 4.93. The molecular formula is C20H24N4O3S. The lowest BCUT2D eigenvalue weighted by atomic mass is 9.88. The van der Waals surface area contributed by atoms with Gasteiger partial charge in [-0.2, -0.15) is 0 Å². The molecule has 1 N–H and O–H groups in total. The van der Waals surface area contributed by atoms with Crippen LogP contribution in [0.4, 0.5) is 5.82 Å². The van der Waals surface area contributed by atoms with Gasteiger partial charge in [-0.1, -0.05) is 31.7 Å². The molecule has 0 aliphatic heterocycles. The largest absolute Gasteiger partial charge is 0.310 e. The Hall–Kier alpha value is -2.35. The quantitative estimate of drug-likeness (QED) is 0.766. The number of sulfone groups is 1. The zero-order valence-corrected chi connectivity index (χ0v) is 16.4. The van der Waals surface area contributed by atoms with Gasteiger partial charge in [-0.25, -0.2) is 23.4 Å². The Balaban J connectivity index is 1.56. The molecule has 0 bridgehead atoms. The van der Waals surface area contributed by atoms with E-state index in [2.05, 4.69) is 20.3 Å². The van der Waals surface area contributed by atoms with E-state index in [0.29, 0.717) is 24.6 Å². The van der Waals surface area contributed by atoms with Crippen LogP contribution < -0.4 is 5.32 Å². The second-order valence-corrected chi connectivity index (χ2v) is 9.87. The van der Waals surface area contributed by atoms with Crippen LogP contribution >= 0.6 is 0 Å². The molecule has 2 aromatic rings. The molecule has 0 aromatic carbocycles. The summed E-state index contributed by atoms with van der Waals surface area (Å²) in [7, 11) is -3.33. The molecule has 1 amide bonds. The third-order valence-electron chi connectivity index (χ3n) is 5.61. The Kier molecular flexibility index (Phi) is 5.39. The molecule has 7 nitrogen and oxygen atoms in total. The zero-order valence-electron chi connectivity index (χ0n) is 15.6. The maximum absolute atomic E-state index is 13.0. The number of rotatable bonds is 7. The van der Waals surface area contributed by atoms with Crippen molar-refractivity contribution in [2.75, 3.05) is 5.32 Å². The van der Waals surface area contributed by atoms with Crippen molar-refractivity contribution < 1.29 is 13.2 Å². The normalized spacial score (nSPS) is 18.7. The van der Waals surface area contributed by atoms with Gasteiger partial charge in [0.05, 0.1) is 11.2 Å². The lowest BCUT2D eigenvalue weighted by Gasteiger charge is -2.20. The van der Waals surface area contributed by atoms with Gasteiger partial charge in [0.1, 0.15) is 12.1 Å². The second-order valence-electron chi connectivity index (χ2n) is 7.70. The van der Waals surface area contributed by atoms with E-state index in [1.807, 2.05) is 0 Å². The Morgan fingerprint density at radius 3 is 2.50 bits per heavy atom. The molecule has 2 fully saturated rings. The van der Waals surface area contributed by atoms with Crippen LogP contribution in [0, 0.1) is 5.92 Å². The number of aromatic nitrogens is 3. The predicted molar refractivity (Wildman–Crippen MR) is 104 cm³/mol. The van der Waals surface area contributed by atoms with Crippen LogP contribution in [0.2, 0.25) is 0 Å². The fourth-order valence-corrected chi connectivity index (χ4v) is 5.42. The highest BCUT2D eigenvalue weighted by Gasteiger charge is 2.38. The van der Waals surface area contributed by atoms with Crippen molar-refractivity contribution in [3.63, 3.8) is 0 Å². The van der Waals surface area contributed by atoms with Crippen LogP contribution in [-0.2, 0) is 14.6 Å². The second kappa shape index (κ2) is 7.95. The average molecular weight is 401 g/mol. The summed E-state index contributed by atoms with van der Waals surface area (Å²) in [6.45, 7) is 0. The van der Waals surface area contributed by atoms with E-state index >= 15 is 0 Å².